The number of nitrogens with one attached hydrogen (secondary N) is 1. The molecule has 7 heteroatoms. The molecule has 1 saturated heterocycles. The smallest absolute Gasteiger partial charge is 0.267 e. The van der Waals surface area contributed by atoms with Crippen LogP contribution in [-0.4, -0.2) is 46.6 Å². The summed E-state index contributed by atoms with van der Waals surface area (Å²) >= 11 is 1.16. The topological polar surface area (TPSA) is 58.1 Å². The summed E-state index contributed by atoms with van der Waals surface area (Å²) in [7, 11) is 1.94. The Morgan fingerprint density at radius 2 is 2.50 bits per heavy atom. The molecular formula is C9H15ClN4OS. The summed E-state index contributed by atoms with van der Waals surface area (Å²) in [5.41, 5.74) is 0. The van der Waals surface area contributed by atoms with Crippen LogP contribution in [0, 0.1) is 0 Å². The Labute approximate surface area is 105 Å². The van der Waals surface area contributed by atoms with Gasteiger partial charge in [-0.2, -0.15) is 0 Å². The molecule has 1 N–H and O–H groups in total. The van der Waals surface area contributed by atoms with Crippen molar-refractivity contribution in [2.75, 3.05) is 20.1 Å². The molecular weight excluding hydrogens is 248 g/mol. The van der Waals surface area contributed by atoms with E-state index in [2.05, 4.69) is 14.9 Å². The Morgan fingerprint density at radius 1 is 1.69 bits per heavy atom. The quantitative estimate of drug-likeness (QED) is 0.856. The second kappa shape index (κ2) is 6.12. The highest BCUT2D eigenvalue weighted by atomic mass is 35.5. The van der Waals surface area contributed by atoms with Crippen molar-refractivity contribution < 1.29 is 4.79 Å². The van der Waals surface area contributed by atoms with Gasteiger partial charge in [0.2, 0.25) is 0 Å². The Bertz CT molecular complexity index is 332. The van der Waals surface area contributed by atoms with Gasteiger partial charge in [-0.15, -0.1) is 17.5 Å². The standard InChI is InChI=1S/C9H14N4OS.ClH/c1-10-7-3-2-4-13(6-7)9(14)8-5-11-12-15-8;/h5,7,10H,2-4,6H2,1H3;1H. The number of carbonyl (C=O) groups excluding carboxylic acids is 1. The summed E-state index contributed by atoms with van der Waals surface area (Å²) in [5.74, 6) is 0.0601. The van der Waals surface area contributed by atoms with Crippen molar-refractivity contribution in [1.82, 2.24) is 19.8 Å². The molecule has 1 atom stereocenters. The third kappa shape index (κ3) is 2.90. The molecule has 0 saturated carbocycles. The first-order valence-corrected chi connectivity index (χ1v) is 5.82. The SMILES string of the molecule is CNC1CCCN(C(=O)c2cnns2)C1.Cl. The molecule has 1 amide bonds. The second-order valence-corrected chi connectivity index (χ2v) is 4.45. The normalized spacial score (nSPS) is 20.3. The summed E-state index contributed by atoms with van der Waals surface area (Å²) in [6, 6.07) is 0.420. The first kappa shape index (κ1) is 13.3. The zero-order valence-corrected chi connectivity index (χ0v) is 10.7. The number of hydrogen-bond acceptors (Lipinski definition) is 5. The fourth-order valence-electron chi connectivity index (χ4n) is 1.81. The van der Waals surface area contributed by atoms with Crippen LogP contribution in [-0.2, 0) is 0 Å². The summed E-state index contributed by atoms with van der Waals surface area (Å²) in [5, 5.41) is 6.89. The lowest BCUT2D eigenvalue weighted by Crippen LogP contribution is -2.46. The van der Waals surface area contributed by atoms with E-state index >= 15 is 0 Å². The van der Waals surface area contributed by atoms with Gasteiger partial charge in [0.05, 0.1) is 6.20 Å². The summed E-state index contributed by atoms with van der Waals surface area (Å²) in [6.45, 7) is 1.63. The van der Waals surface area contributed by atoms with Crippen LogP contribution in [0.3, 0.4) is 0 Å². The zero-order valence-electron chi connectivity index (χ0n) is 9.05. The van der Waals surface area contributed by atoms with Crippen LogP contribution < -0.4 is 5.32 Å². The number of amides is 1. The lowest BCUT2D eigenvalue weighted by Gasteiger charge is -2.32. The largest absolute Gasteiger partial charge is 0.336 e. The van der Waals surface area contributed by atoms with Gasteiger partial charge in [-0.1, -0.05) is 4.49 Å². The molecule has 0 bridgehead atoms. The highest BCUT2D eigenvalue weighted by molar-refractivity contribution is 7.07. The van der Waals surface area contributed by atoms with Crippen molar-refractivity contribution in [2.24, 2.45) is 0 Å². The van der Waals surface area contributed by atoms with E-state index in [1.54, 1.807) is 0 Å². The van der Waals surface area contributed by atoms with Crippen LogP contribution in [0.15, 0.2) is 6.20 Å². The van der Waals surface area contributed by atoms with E-state index in [1.165, 1.54) is 6.20 Å². The number of hydrogen-bond donors (Lipinski definition) is 1. The first-order chi connectivity index (χ1) is 7.31. The monoisotopic (exact) mass is 262 g/mol. The molecule has 1 aromatic rings. The zero-order chi connectivity index (χ0) is 10.7. The highest BCUT2D eigenvalue weighted by Gasteiger charge is 2.24. The molecule has 2 heterocycles. The lowest BCUT2D eigenvalue weighted by molar-refractivity contribution is 0.0703. The fourth-order valence-corrected chi connectivity index (χ4v) is 2.30. The number of carbonyl (C=O) groups is 1. The van der Waals surface area contributed by atoms with E-state index in [0.29, 0.717) is 10.9 Å². The number of rotatable bonds is 2. The van der Waals surface area contributed by atoms with Crippen LogP contribution in [0.4, 0.5) is 0 Å². The number of likely N-dealkylation sites (N-methyl/N-ethyl adjacent to an activating group) is 1. The molecule has 1 aromatic heterocycles. The van der Waals surface area contributed by atoms with Crippen LogP contribution in [0.5, 0.6) is 0 Å². The van der Waals surface area contributed by atoms with Crippen molar-refractivity contribution in [2.45, 2.75) is 18.9 Å². The highest BCUT2D eigenvalue weighted by Crippen LogP contribution is 2.14. The van der Waals surface area contributed by atoms with E-state index < -0.39 is 0 Å². The van der Waals surface area contributed by atoms with Crippen LogP contribution in [0.2, 0.25) is 0 Å². The second-order valence-electron chi connectivity index (χ2n) is 3.66. The molecule has 1 aliphatic rings. The van der Waals surface area contributed by atoms with Crippen molar-refractivity contribution >= 4 is 29.8 Å². The lowest BCUT2D eigenvalue weighted by atomic mass is 10.1. The Kier molecular flexibility index (Phi) is 5.11. The molecule has 1 fully saturated rings. The molecule has 5 nitrogen and oxygen atoms in total. The Balaban J connectivity index is 0.00000128. The van der Waals surface area contributed by atoms with E-state index in [1.807, 2.05) is 11.9 Å². The molecule has 0 aliphatic carbocycles. The van der Waals surface area contributed by atoms with Crippen molar-refractivity contribution in [1.29, 1.82) is 0 Å². The van der Waals surface area contributed by atoms with E-state index in [9.17, 15) is 4.79 Å². The predicted molar refractivity (Wildman–Crippen MR) is 65.1 cm³/mol. The molecule has 0 radical (unpaired) electrons. The average Bonchev–Trinajstić information content (AvgIpc) is 2.81. The molecule has 0 aromatic carbocycles. The maximum absolute atomic E-state index is 12.0. The van der Waals surface area contributed by atoms with Crippen LogP contribution >= 0.6 is 23.9 Å². The minimum Gasteiger partial charge on any atom is -0.336 e. The minimum absolute atomic E-state index is 0. The van der Waals surface area contributed by atoms with Crippen molar-refractivity contribution in [3.05, 3.63) is 11.1 Å². The van der Waals surface area contributed by atoms with Gasteiger partial charge in [0, 0.05) is 19.1 Å². The van der Waals surface area contributed by atoms with E-state index in [4.69, 9.17) is 0 Å². The van der Waals surface area contributed by atoms with Gasteiger partial charge in [-0.3, -0.25) is 4.79 Å². The van der Waals surface area contributed by atoms with E-state index in [-0.39, 0.29) is 18.3 Å². The van der Waals surface area contributed by atoms with Crippen molar-refractivity contribution in [3.63, 3.8) is 0 Å². The van der Waals surface area contributed by atoms with Gasteiger partial charge in [-0.25, -0.2) is 0 Å². The number of aromatic nitrogens is 2. The van der Waals surface area contributed by atoms with Gasteiger partial charge in [0.15, 0.2) is 0 Å². The molecule has 1 unspecified atom stereocenters. The van der Waals surface area contributed by atoms with Crippen LogP contribution in [0.25, 0.3) is 0 Å². The summed E-state index contributed by atoms with van der Waals surface area (Å²) < 4.78 is 3.71. The molecule has 1 aliphatic heterocycles. The third-order valence-corrected chi connectivity index (χ3v) is 3.34. The molecule has 90 valence electrons. The summed E-state index contributed by atoms with van der Waals surface area (Å²) in [4.78, 5) is 14.5. The number of halogens is 1. The fraction of sp³-hybridized carbons (Fsp3) is 0.667. The average molecular weight is 263 g/mol. The Hall–Kier alpha value is -0.720. The summed E-state index contributed by atoms with van der Waals surface area (Å²) in [6.07, 6.45) is 3.74. The van der Waals surface area contributed by atoms with Crippen molar-refractivity contribution in [3.8, 4) is 0 Å². The third-order valence-electron chi connectivity index (χ3n) is 2.69. The van der Waals surface area contributed by atoms with Gasteiger partial charge >= 0.3 is 0 Å². The minimum atomic E-state index is 0. The number of nitrogens with zero attached hydrogens (tertiary/aromatic N) is 3. The number of piperidine rings is 1. The molecule has 16 heavy (non-hydrogen) atoms. The van der Waals surface area contributed by atoms with Gasteiger partial charge < -0.3 is 10.2 Å². The molecule has 2 rings (SSSR count). The Morgan fingerprint density at radius 3 is 3.12 bits per heavy atom. The predicted octanol–water partition coefficient (Wildman–Crippen LogP) is 0.784. The van der Waals surface area contributed by atoms with Gasteiger partial charge in [0.25, 0.3) is 5.91 Å². The first-order valence-electron chi connectivity index (χ1n) is 5.05. The van der Waals surface area contributed by atoms with Crippen LogP contribution in [0.1, 0.15) is 22.5 Å². The maximum atomic E-state index is 12.0. The number of likely N-dealkylation sites (tertiary alicyclic amines) is 1. The molecule has 0 spiro atoms. The maximum Gasteiger partial charge on any atom is 0.267 e. The van der Waals surface area contributed by atoms with Gasteiger partial charge in [0.1, 0.15) is 4.88 Å². The van der Waals surface area contributed by atoms with E-state index in [0.717, 1.165) is 37.5 Å². The van der Waals surface area contributed by atoms with Gasteiger partial charge in [-0.05, 0) is 31.4 Å².